The second kappa shape index (κ2) is 5.64. The molecule has 4 heteroatoms. The number of benzene rings is 1. The van der Waals surface area contributed by atoms with Crippen molar-refractivity contribution in [3.8, 4) is 0 Å². The molecular weight excluding hydrogens is 305 g/mol. The Morgan fingerprint density at radius 3 is 2.28 bits per heavy atom. The molecule has 0 amide bonds. The van der Waals surface area contributed by atoms with Crippen LogP contribution in [0.1, 0.15) is 31.9 Å². The van der Waals surface area contributed by atoms with Gasteiger partial charge in [-0.25, -0.2) is 0 Å². The Balaban J connectivity index is 2.98. The summed E-state index contributed by atoms with van der Waals surface area (Å²) >= 11 is 3.47. The molecule has 18 heavy (non-hydrogen) atoms. The summed E-state index contributed by atoms with van der Waals surface area (Å²) in [6.45, 7) is 6.27. The van der Waals surface area contributed by atoms with E-state index in [2.05, 4.69) is 36.7 Å². The summed E-state index contributed by atoms with van der Waals surface area (Å²) in [5.41, 5.74) is 0.130. The molecular formula is C14H18BrF3. The fourth-order valence-electron chi connectivity index (χ4n) is 1.73. The normalized spacial score (nSPS) is 15.8. The first-order valence-corrected chi connectivity index (χ1v) is 7.03. The number of rotatable bonds is 4. The molecule has 0 bridgehead atoms. The predicted molar refractivity (Wildman–Crippen MR) is 71.9 cm³/mol. The van der Waals surface area contributed by atoms with Gasteiger partial charge in [-0.15, -0.1) is 0 Å². The van der Waals surface area contributed by atoms with Crippen molar-refractivity contribution in [1.82, 2.24) is 0 Å². The summed E-state index contributed by atoms with van der Waals surface area (Å²) in [5.74, 6) is 0.395. The zero-order valence-corrected chi connectivity index (χ0v) is 12.4. The third kappa shape index (κ3) is 3.74. The summed E-state index contributed by atoms with van der Waals surface area (Å²) in [6.07, 6.45) is -3.63. The summed E-state index contributed by atoms with van der Waals surface area (Å²) < 4.78 is 37.9. The molecule has 0 aliphatic heterocycles. The van der Waals surface area contributed by atoms with E-state index in [1.165, 1.54) is 12.1 Å². The Labute approximate surface area is 115 Å². The molecule has 102 valence electrons. The van der Waals surface area contributed by atoms with E-state index in [4.69, 9.17) is 0 Å². The van der Waals surface area contributed by atoms with Crippen LogP contribution in [0.25, 0.3) is 0 Å². The van der Waals surface area contributed by atoms with Crippen LogP contribution in [0, 0.1) is 11.3 Å². The predicted octanol–water partition coefficient (Wildman–Crippen LogP) is 5.31. The highest BCUT2D eigenvalue weighted by Crippen LogP contribution is 2.35. The lowest BCUT2D eigenvalue weighted by Crippen LogP contribution is -2.28. The van der Waals surface area contributed by atoms with Gasteiger partial charge in [-0.1, -0.05) is 54.9 Å². The minimum Gasteiger partial charge on any atom is -0.166 e. The summed E-state index contributed by atoms with van der Waals surface area (Å²) in [4.78, 5) is 0. The van der Waals surface area contributed by atoms with Gasteiger partial charge in [0.1, 0.15) is 0 Å². The molecule has 0 N–H and O–H groups in total. The van der Waals surface area contributed by atoms with Gasteiger partial charge in [0.2, 0.25) is 0 Å². The van der Waals surface area contributed by atoms with Crippen LogP contribution in [0.2, 0.25) is 0 Å². The van der Waals surface area contributed by atoms with Crippen LogP contribution in [0.3, 0.4) is 0 Å². The van der Waals surface area contributed by atoms with Gasteiger partial charge >= 0.3 is 6.18 Å². The van der Waals surface area contributed by atoms with E-state index in [1.54, 1.807) is 6.07 Å². The maximum Gasteiger partial charge on any atom is 0.416 e. The van der Waals surface area contributed by atoms with Gasteiger partial charge in [0, 0.05) is 5.33 Å². The average Bonchev–Trinajstić information content (AvgIpc) is 2.28. The molecule has 0 saturated carbocycles. The van der Waals surface area contributed by atoms with Crippen LogP contribution in [0.5, 0.6) is 0 Å². The van der Waals surface area contributed by atoms with Crippen molar-refractivity contribution >= 4 is 15.9 Å². The SMILES string of the molecule is CC(C)C(C)(CBr)Cc1cccc(C(F)(F)F)c1. The first kappa shape index (κ1) is 15.5. The topological polar surface area (TPSA) is 0 Å². The van der Waals surface area contributed by atoms with Crippen LogP contribution in [0.4, 0.5) is 13.2 Å². The molecule has 0 aliphatic carbocycles. The molecule has 0 aromatic heterocycles. The molecule has 0 nitrogen and oxygen atoms in total. The minimum absolute atomic E-state index is 0.0375. The molecule has 0 heterocycles. The van der Waals surface area contributed by atoms with Crippen molar-refractivity contribution in [2.75, 3.05) is 5.33 Å². The highest BCUT2D eigenvalue weighted by atomic mass is 79.9. The van der Waals surface area contributed by atoms with Gasteiger partial charge in [0.15, 0.2) is 0 Å². The van der Waals surface area contributed by atoms with E-state index in [-0.39, 0.29) is 5.41 Å². The minimum atomic E-state index is -4.27. The Kier molecular flexibility index (Phi) is 4.87. The molecule has 1 unspecified atom stereocenters. The van der Waals surface area contributed by atoms with Gasteiger partial charge in [-0.05, 0) is 29.4 Å². The monoisotopic (exact) mass is 322 g/mol. The van der Waals surface area contributed by atoms with E-state index in [9.17, 15) is 13.2 Å². The zero-order chi connectivity index (χ0) is 14.0. The lowest BCUT2D eigenvalue weighted by Gasteiger charge is -2.32. The molecule has 0 saturated heterocycles. The molecule has 0 fully saturated rings. The van der Waals surface area contributed by atoms with Crippen LogP contribution in [-0.2, 0) is 12.6 Å². The number of hydrogen-bond donors (Lipinski definition) is 0. The molecule has 1 rings (SSSR count). The quantitative estimate of drug-likeness (QED) is 0.659. The first-order valence-electron chi connectivity index (χ1n) is 5.91. The second-order valence-corrected chi connectivity index (χ2v) is 5.88. The van der Waals surface area contributed by atoms with Gasteiger partial charge in [0.25, 0.3) is 0 Å². The third-order valence-electron chi connectivity index (χ3n) is 3.56. The number of hydrogen-bond acceptors (Lipinski definition) is 0. The lowest BCUT2D eigenvalue weighted by atomic mass is 9.76. The van der Waals surface area contributed by atoms with E-state index in [0.29, 0.717) is 12.3 Å². The summed E-state index contributed by atoms with van der Waals surface area (Å²) in [6, 6.07) is 5.61. The highest BCUT2D eigenvalue weighted by Gasteiger charge is 2.32. The van der Waals surface area contributed by atoms with Crippen LogP contribution < -0.4 is 0 Å². The molecule has 0 radical (unpaired) electrons. The van der Waals surface area contributed by atoms with Gasteiger partial charge in [-0.3, -0.25) is 0 Å². The Morgan fingerprint density at radius 2 is 1.83 bits per heavy atom. The van der Waals surface area contributed by atoms with Crippen LogP contribution >= 0.6 is 15.9 Å². The van der Waals surface area contributed by atoms with Gasteiger partial charge < -0.3 is 0 Å². The number of alkyl halides is 4. The van der Waals surface area contributed by atoms with Crippen molar-refractivity contribution < 1.29 is 13.2 Å². The van der Waals surface area contributed by atoms with Crippen molar-refractivity contribution in [2.45, 2.75) is 33.4 Å². The average molecular weight is 323 g/mol. The Hall–Kier alpha value is -0.510. The molecule has 0 aliphatic rings. The van der Waals surface area contributed by atoms with Gasteiger partial charge in [-0.2, -0.15) is 13.2 Å². The maximum atomic E-state index is 12.6. The second-order valence-electron chi connectivity index (χ2n) is 5.32. The van der Waals surface area contributed by atoms with Crippen molar-refractivity contribution in [2.24, 2.45) is 11.3 Å². The summed E-state index contributed by atoms with van der Waals surface area (Å²) in [7, 11) is 0. The number of halogens is 4. The third-order valence-corrected chi connectivity index (χ3v) is 4.84. The van der Waals surface area contributed by atoms with Crippen molar-refractivity contribution in [1.29, 1.82) is 0 Å². The van der Waals surface area contributed by atoms with E-state index in [0.717, 1.165) is 17.0 Å². The standard InChI is InChI=1S/C14H18BrF3/c1-10(2)13(3,9-15)8-11-5-4-6-12(7-11)14(16,17)18/h4-7,10H,8-9H2,1-3H3. The van der Waals surface area contributed by atoms with Gasteiger partial charge in [0.05, 0.1) is 5.56 Å². The Morgan fingerprint density at radius 1 is 1.22 bits per heavy atom. The smallest absolute Gasteiger partial charge is 0.166 e. The fourth-order valence-corrected chi connectivity index (χ4v) is 2.58. The zero-order valence-electron chi connectivity index (χ0n) is 10.8. The lowest BCUT2D eigenvalue weighted by molar-refractivity contribution is -0.137. The molecule has 0 spiro atoms. The van der Waals surface area contributed by atoms with E-state index in [1.807, 2.05) is 0 Å². The molecule has 1 atom stereocenters. The van der Waals surface area contributed by atoms with Crippen molar-refractivity contribution in [3.63, 3.8) is 0 Å². The fraction of sp³-hybridized carbons (Fsp3) is 0.571. The van der Waals surface area contributed by atoms with Crippen molar-refractivity contribution in [3.05, 3.63) is 35.4 Å². The molecule has 1 aromatic carbocycles. The maximum absolute atomic E-state index is 12.6. The largest absolute Gasteiger partial charge is 0.416 e. The first-order chi connectivity index (χ1) is 8.19. The Bertz CT molecular complexity index is 398. The van der Waals surface area contributed by atoms with Crippen LogP contribution in [0.15, 0.2) is 24.3 Å². The summed E-state index contributed by atoms with van der Waals surface area (Å²) in [5, 5.41) is 0.772. The van der Waals surface area contributed by atoms with E-state index >= 15 is 0 Å². The molecule has 1 aromatic rings. The van der Waals surface area contributed by atoms with E-state index < -0.39 is 11.7 Å². The van der Waals surface area contributed by atoms with Crippen LogP contribution in [-0.4, -0.2) is 5.33 Å². The highest BCUT2D eigenvalue weighted by molar-refractivity contribution is 9.09.